The van der Waals surface area contributed by atoms with Crippen molar-refractivity contribution >= 4 is 17.1 Å². The topological polar surface area (TPSA) is 60.2 Å². The van der Waals surface area contributed by atoms with Crippen molar-refractivity contribution in [3.63, 3.8) is 0 Å². The summed E-state index contributed by atoms with van der Waals surface area (Å²) >= 11 is 0. The van der Waals surface area contributed by atoms with Gasteiger partial charge < -0.3 is 4.74 Å². The molecule has 0 bridgehead atoms. The van der Waals surface area contributed by atoms with Gasteiger partial charge in [-0.3, -0.25) is 4.90 Å². The lowest BCUT2D eigenvalue weighted by atomic mass is 10.1. The van der Waals surface area contributed by atoms with Crippen LogP contribution in [0.1, 0.15) is 26.3 Å². The molecular formula is C14H16F2N4O2. The number of ether oxygens (including phenoxy) is 1. The minimum atomic E-state index is -2.97. The molecular weight excluding hydrogens is 294 g/mol. The minimum absolute atomic E-state index is 0.163. The molecule has 0 saturated carbocycles. The van der Waals surface area contributed by atoms with E-state index in [1.165, 1.54) is 23.1 Å². The Morgan fingerprint density at radius 3 is 2.73 bits per heavy atom. The summed E-state index contributed by atoms with van der Waals surface area (Å²) in [5.41, 5.74) is 0.0292. The van der Waals surface area contributed by atoms with Crippen LogP contribution < -0.4 is 0 Å². The van der Waals surface area contributed by atoms with E-state index in [1.807, 2.05) is 13.8 Å². The van der Waals surface area contributed by atoms with Crippen LogP contribution in [0.15, 0.2) is 18.2 Å². The zero-order chi connectivity index (χ0) is 16.1. The first kappa shape index (κ1) is 14.8. The van der Waals surface area contributed by atoms with Crippen LogP contribution in [-0.2, 0) is 10.7 Å². The molecule has 1 saturated heterocycles. The highest BCUT2D eigenvalue weighted by Crippen LogP contribution is 2.29. The molecule has 1 fully saturated rings. The van der Waals surface area contributed by atoms with Gasteiger partial charge in [-0.2, -0.15) is 4.68 Å². The number of alkyl halides is 2. The van der Waals surface area contributed by atoms with Crippen LogP contribution >= 0.6 is 0 Å². The van der Waals surface area contributed by atoms with Crippen molar-refractivity contribution in [2.45, 2.75) is 32.2 Å². The summed E-state index contributed by atoms with van der Waals surface area (Å²) < 4.78 is 33.1. The summed E-state index contributed by atoms with van der Waals surface area (Å²) in [5.74, 6) is -2.97. The van der Waals surface area contributed by atoms with E-state index in [-0.39, 0.29) is 23.8 Å². The van der Waals surface area contributed by atoms with E-state index in [1.54, 1.807) is 0 Å². The number of hydrogen-bond acceptors (Lipinski definition) is 4. The number of fused-ring (bicyclic) bond motifs is 1. The van der Waals surface area contributed by atoms with Crippen LogP contribution in [0.25, 0.3) is 11.0 Å². The van der Waals surface area contributed by atoms with Gasteiger partial charge in [0.05, 0.1) is 17.7 Å². The van der Waals surface area contributed by atoms with Gasteiger partial charge in [-0.25, -0.2) is 13.6 Å². The first-order chi connectivity index (χ1) is 10.2. The molecule has 3 rings (SSSR count). The Bertz CT molecular complexity index is 736. The molecule has 22 heavy (non-hydrogen) atoms. The summed E-state index contributed by atoms with van der Waals surface area (Å²) in [7, 11) is 0. The standard InChI is InChI=1S/C14H16F2N4O2/c1-13(2)7-22-8-19(13)12(21)20-11-5-4-9(14(3,15)16)6-10(11)17-18-20/h4-6H,7-8H2,1-3H3. The van der Waals surface area contributed by atoms with Gasteiger partial charge in [0.2, 0.25) is 0 Å². The van der Waals surface area contributed by atoms with Gasteiger partial charge in [0.15, 0.2) is 0 Å². The van der Waals surface area contributed by atoms with Gasteiger partial charge in [-0.15, -0.1) is 5.10 Å². The molecule has 1 aromatic carbocycles. The van der Waals surface area contributed by atoms with E-state index in [0.29, 0.717) is 12.1 Å². The number of hydrogen-bond donors (Lipinski definition) is 0. The van der Waals surface area contributed by atoms with E-state index in [4.69, 9.17) is 4.74 Å². The first-order valence-electron chi connectivity index (χ1n) is 6.84. The fourth-order valence-electron chi connectivity index (χ4n) is 2.41. The molecule has 0 aliphatic carbocycles. The van der Waals surface area contributed by atoms with Crippen molar-refractivity contribution in [1.29, 1.82) is 0 Å². The third-order valence-corrected chi connectivity index (χ3v) is 3.77. The zero-order valence-electron chi connectivity index (χ0n) is 12.5. The number of nitrogens with zero attached hydrogens (tertiary/aromatic N) is 4. The quantitative estimate of drug-likeness (QED) is 0.812. The summed E-state index contributed by atoms with van der Waals surface area (Å²) in [5, 5.41) is 7.63. The molecule has 8 heteroatoms. The molecule has 118 valence electrons. The van der Waals surface area contributed by atoms with Crippen LogP contribution in [0.2, 0.25) is 0 Å². The average Bonchev–Trinajstić information content (AvgIpc) is 2.99. The van der Waals surface area contributed by atoms with Crippen molar-refractivity contribution < 1.29 is 18.3 Å². The van der Waals surface area contributed by atoms with E-state index in [0.717, 1.165) is 11.6 Å². The number of rotatable bonds is 1. The highest BCUT2D eigenvalue weighted by molar-refractivity contribution is 5.88. The van der Waals surface area contributed by atoms with Gasteiger partial charge in [0.25, 0.3) is 5.92 Å². The molecule has 2 aromatic rings. The molecule has 0 radical (unpaired) electrons. The maximum Gasteiger partial charge on any atom is 0.349 e. The SMILES string of the molecule is CC(F)(F)c1ccc2c(c1)nnn2C(=O)N1COCC1(C)C. The Balaban J connectivity index is 2.00. The zero-order valence-corrected chi connectivity index (χ0v) is 12.5. The van der Waals surface area contributed by atoms with E-state index >= 15 is 0 Å². The van der Waals surface area contributed by atoms with Crippen molar-refractivity contribution in [3.8, 4) is 0 Å². The fraction of sp³-hybridized carbons (Fsp3) is 0.500. The molecule has 1 aliphatic rings. The van der Waals surface area contributed by atoms with Crippen LogP contribution in [0, 0.1) is 0 Å². The normalized spacial score (nSPS) is 18.1. The van der Waals surface area contributed by atoms with Crippen LogP contribution in [0.4, 0.5) is 13.6 Å². The minimum Gasteiger partial charge on any atom is -0.359 e. The van der Waals surface area contributed by atoms with Crippen LogP contribution in [-0.4, -0.2) is 44.8 Å². The summed E-state index contributed by atoms with van der Waals surface area (Å²) in [4.78, 5) is 14.1. The number of aromatic nitrogens is 3. The molecule has 0 N–H and O–H groups in total. The molecule has 0 spiro atoms. The molecule has 0 unspecified atom stereocenters. The Kier molecular flexibility index (Phi) is 3.17. The summed E-state index contributed by atoms with van der Waals surface area (Å²) in [6, 6.07) is 3.57. The molecule has 0 atom stereocenters. The van der Waals surface area contributed by atoms with E-state index < -0.39 is 11.5 Å². The van der Waals surface area contributed by atoms with Gasteiger partial charge >= 0.3 is 6.03 Å². The smallest absolute Gasteiger partial charge is 0.349 e. The highest BCUT2D eigenvalue weighted by Gasteiger charge is 2.38. The van der Waals surface area contributed by atoms with Gasteiger partial charge in [-0.05, 0) is 26.0 Å². The Morgan fingerprint density at radius 1 is 1.41 bits per heavy atom. The van der Waals surface area contributed by atoms with Crippen molar-refractivity contribution in [3.05, 3.63) is 23.8 Å². The summed E-state index contributed by atoms with van der Waals surface area (Å²) in [6.07, 6.45) is 0. The molecule has 2 heterocycles. The number of carbonyl (C=O) groups is 1. The number of benzene rings is 1. The number of amides is 1. The molecule has 1 aliphatic heterocycles. The highest BCUT2D eigenvalue weighted by atomic mass is 19.3. The lowest BCUT2D eigenvalue weighted by Gasteiger charge is -2.28. The third kappa shape index (κ3) is 2.33. The number of halogens is 2. The monoisotopic (exact) mass is 310 g/mol. The Morgan fingerprint density at radius 2 is 2.14 bits per heavy atom. The Hall–Kier alpha value is -2.09. The Labute approximate surface area is 125 Å². The molecule has 6 nitrogen and oxygen atoms in total. The number of carbonyl (C=O) groups excluding carboxylic acids is 1. The molecule has 1 aromatic heterocycles. The second-order valence-corrected chi connectivity index (χ2v) is 6.09. The first-order valence-corrected chi connectivity index (χ1v) is 6.84. The van der Waals surface area contributed by atoms with Crippen molar-refractivity contribution in [2.75, 3.05) is 13.3 Å². The molecule has 1 amide bonds. The van der Waals surface area contributed by atoms with E-state index in [2.05, 4.69) is 10.3 Å². The fourth-order valence-corrected chi connectivity index (χ4v) is 2.41. The average molecular weight is 310 g/mol. The van der Waals surface area contributed by atoms with Gasteiger partial charge in [-0.1, -0.05) is 11.3 Å². The summed E-state index contributed by atoms with van der Waals surface area (Å²) in [6.45, 7) is 5.17. The van der Waals surface area contributed by atoms with Gasteiger partial charge in [0.1, 0.15) is 12.2 Å². The predicted octanol–water partition coefficient (Wildman–Crippen LogP) is 2.58. The third-order valence-electron chi connectivity index (χ3n) is 3.77. The predicted molar refractivity (Wildman–Crippen MR) is 74.6 cm³/mol. The second kappa shape index (κ2) is 4.70. The lowest BCUT2D eigenvalue weighted by Crippen LogP contribution is -2.46. The lowest BCUT2D eigenvalue weighted by molar-refractivity contribution is 0.0176. The van der Waals surface area contributed by atoms with Crippen molar-refractivity contribution in [2.24, 2.45) is 0 Å². The van der Waals surface area contributed by atoms with Crippen LogP contribution in [0.5, 0.6) is 0 Å². The second-order valence-electron chi connectivity index (χ2n) is 6.09. The van der Waals surface area contributed by atoms with Crippen molar-refractivity contribution in [1.82, 2.24) is 19.9 Å². The van der Waals surface area contributed by atoms with E-state index in [9.17, 15) is 13.6 Å². The maximum absolute atomic E-state index is 13.3. The largest absolute Gasteiger partial charge is 0.359 e. The van der Waals surface area contributed by atoms with Crippen LogP contribution in [0.3, 0.4) is 0 Å². The maximum atomic E-state index is 13.3. The van der Waals surface area contributed by atoms with Gasteiger partial charge in [0, 0.05) is 12.5 Å².